The minimum Gasteiger partial charge on any atom is -0.354 e. The lowest BCUT2D eigenvalue weighted by atomic mass is 10.1. The molecule has 2 amide bonds. The summed E-state index contributed by atoms with van der Waals surface area (Å²) < 4.78 is 26.6. The molecule has 0 aliphatic carbocycles. The Balaban J connectivity index is 2.46. The third-order valence-electron chi connectivity index (χ3n) is 5.94. The molecule has 2 aromatic carbocycles. The number of hydrogen-bond donors (Lipinski definition) is 1. The summed E-state index contributed by atoms with van der Waals surface area (Å²) in [6, 6.07) is 11.8. The van der Waals surface area contributed by atoms with Crippen molar-refractivity contribution >= 4 is 39.1 Å². The molecule has 192 valence electrons. The van der Waals surface area contributed by atoms with E-state index in [1.165, 1.54) is 11.0 Å². The molecule has 7 nitrogen and oxygen atoms in total. The molecule has 0 aromatic heterocycles. The predicted molar refractivity (Wildman–Crippen MR) is 142 cm³/mol. The fourth-order valence-electron chi connectivity index (χ4n) is 3.84. The summed E-state index contributed by atoms with van der Waals surface area (Å²) in [6.07, 6.45) is 3.22. The lowest BCUT2D eigenvalue weighted by Gasteiger charge is -2.33. The van der Waals surface area contributed by atoms with E-state index in [0.717, 1.165) is 34.5 Å². The number of benzene rings is 2. The van der Waals surface area contributed by atoms with Gasteiger partial charge in [0.05, 0.1) is 11.9 Å². The topological polar surface area (TPSA) is 86.8 Å². The average Bonchev–Trinajstić information content (AvgIpc) is 2.79. The van der Waals surface area contributed by atoms with E-state index in [4.69, 9.17) is 11.6 Å². The van der Waals surface area contributed by atoms with Gasteiger partial charge in [-0.05, 0) is 55.5 Å². The second kappa shape index (κ2) is 12.9. The number of unbranched alkanes of at least 4 members (excludes halogenated alkanes) is 1. The van der Waals surface area contributed by atoms with Crippen LogP contribution >= 0.6 is 11.6 Å². The number of nitrogens with one attached hydrogen (secondary N) is 1. The van der Waals surface area contributed by atoms with Gasteiger partial charge in [-0.2, -0.15) is 0 Å². The van der Waals surface area contributed by atoms with Crippen molar-refractivity contribution in [3.05, 3.63) is 64.2 Å². The van der Waals surface area contributed by atoms with E-state index < -0.39 is 28.5 Å². The Morgan fingerprint density at radius 2 is 1.74 bits per heavy atom. The predicted octanol–water partition coefficient (Wildman–Crippen LogP) is 4.45. The summed E-state index contributed by atoms with van der Waals surface area (Å²) in [5.41, 5.74) is 2.88. The minimum absolute atomic E-state index is 0.192. The number of halogens is 1. The molecule has 2 aromatic rings. The fourth-order valence-corrected chi connectivity index (χ4v) is 4.91. The van der Waals surface area contributed by atoms with Crippen LogP contribution in [0.15, 0.2) is 42.5 Å². The summed E-state index contributed by atoms with van der Waals surface area (Å²) in [4.78, 5) is 28.3. The molecule has 0 radical (unpaired) electrons. The van der Waals surface area contributed by atoms with Crippen molar-refractivity contribution in [2.24, 2.45) is 0 Å². The van der Waals surface area contributed by atoms with E-state index in [-0.39, 0.29) is 12.5 Å². The van der Waals surface area contributed by atoms with Crippen molar-refractivity contribution in [2.75, 3.05) is 23.7 Å². The van der Waals surface area contributed by atoms with Gasteiger partial charge in [0, 0.05) is 18.1 Å². The number of sulfonamides is 1. The van der Waals surface area contributed by atoms with Gasteiger partial charge in [0.2, 0.25) is 21.8 Å². The van der Waals surface area contributed by atoms with Gasteiger partial charge >= 0.3 is 0 Å². The fraction of sp³-hybridized carbons (Fsp3) is 0.462. The number of carbonyl (C=O) groups excluding carboxylic acids is 2. The van der Waals surface area contributed by atoms with E-state index in [0.29, 0.717) is 29.2 Å². The molecule has 0 heterocycles. The maximum absolute atomic E-state index is 13.7. The molecular formula is C26H36ClN3O4S. The number of amides is 2. The Bertz CT molecular complexity index is 1140. The molecule has 1 atom stereocenters. The monoisotopic (exact) mass is 521 g/mol. The van der Waals surface area contributed by atoms with Gasteiger partial charge in [-0.1, -0.05) is 62.2 Å². The maximum atomic E-state index is 13.7. The van der Waals surface area contributed by atoms with Crippen LogP contribution in [0.25, 0.3) is 0 Å². The van der Waals surface area contributed by atoms with Crippen LogP contribution < -0.4 is 9.62 Å². The molecule has 35 heavy (non-hydrogen) atoms. The third-order valence-corrected chi connectivity index (χ3v) is 7.30. The summed E-state index contributed by atoms with van der Waals surface area (Å²) in [5.74, 6) is -0.705. The Labute approximate surface area is 214 Å². The first-order valence-corrected chi connectivity index (χ1v) is 14.1. The van der Waals surface area contributed by atoms with Crippen LogP contribution in [0.1, 0.15) is 49.8 Å². The number of aryl methyl sites for hydroxylation is 2. The summed E-state index contributed by atoms with van der Waals surface area (Å²) in [6.45, 7) is 7.86. The van der Waals surface area contributed by atoms with Crippen LogP contribution in [0.4, 0.5) is 5.69 Å². The Morgan fingerprint density at radius 1 is 1.06 bits per heavy atom. The molecule has 0 spiro atoms. The number of rotatable bonds is 12. The maximum Gasteiger partial charge on any atom is 0.244 e. The smallest absolute Gasteiger partial charge is 0.244 e. The number of nitrogens with zero attached hydrogens (tertiary/aromatic N) is 2. The lowest BCUT2D eigenvalue weighted by Crippen LogP contribution is -2.52. The van der Waals surface area contributed by atoms with Gasteiger partial charge < -0.3 is 10.2 Å². The minimum atomic E-state index is -3.81. The highest BCUT2D eigenvalue weighted by Gasteiger charge is 2.32. The number of anilines is 1. The first-order valence-electron chi connectivity index (χ1n) is 11.8. The first kappa shape index (κ1) is 28.7. The van der Waals surface area contributed by atoms with Crippen LogP contribution in [0.5, 0.6) is 0 Å². The third kappa shape index (κ3) is 7.97. The molecule has 0 aliphatic heterocycles. The quantitative estimate of drug-likeness (QED) is 0.418. The molecule has 0 saturated heterocycles. The van der Waals surface area contributed by atoms with Gasteiger partial charge in [-0.3, -0.25) is 13.9 Å². The standard InChI is InChI=1S/C26H36ClN3O4S/c1-6-8-15-28-26(32)23(7-2)29(17-21-12-10-9-11-19(21)3)25(31)18-30(35(5,33)34)24-16-22(27)14-13-20(24)4/h9-14,16,23H,6-8,15,17-18H2,1-5H3,(H,28,32). The zero-order valence-electron chi connectivity index (χ0n) is 21.2. The van der Waals surface area contributed by atoms with Crippen LogP contribution in [0.3, 0.4) is 0 Å². The highest BCUT2D eigenvalue weighted by atomic mass is 35.5. The van der Waals surface area contributed by atoms with Crippen LogP contribution in [-0.4, -0.2) is 50.5 Å². The molecule has 1 unspecified atom stereocenters. The van der Waals surface area contributed by atoms with E-state index in [1.54, 1.807) is 19.1 Å². The highest BCUT2D eigenvalue weighted by Crippen LogP contribution is 2.27. The zero-order valence-corrected chi connectivity index (χ0v) is 22.7. The SMILES string of the molecule is CCCCNC(=O)C(CC)N(Cc1ccccc1C)C(=O)CN(c1cc(Cl)ccc1C)S(C)(=O)=O. The summed E-state index contributed by atoms with van der Waals surface area (Å²) in [5, 5.41) is 3.29. The van der Waals surface area contributed by atoms with Crippen molar-refractivity contribution in [1.29, 1.82) is 0 Å². The highest BCUT2D eigenvalue weighted by molar-refractivity contribution is 7.92. The van der Waals surface area contributed by atoms with Crippen molar-refractivity contribution in [3.8, 4) is 0 Å². The molecule has 9 heteroatoms. The van der Waals surface area contributed by atoms with Crippen LogP contribution in [-0.2, 0) is 26.2 Å². The molecule has 0 saturated carbocycles. The number of carbonyl (C=O) groups is 2. The summed E-state index contributed by atoms with van der Waals surface area (Å²) in [7, 11) is -3.81. The average molecular weight is 522 g/mol. The lowest BCUT2D eigenvalue weighted by molar-refractivity contribution is -0.140. The van der Waals surface area contributed by atoms with Gasteiger partial charge in [0.15, 0.2) is 0 Å². The Kier molecular flexibility index (Phi) is 10.6. The zero-order chi connectivity index (χ0) is 26.2. The van der Waals surface area contributed by atoms with Crippen molar-refractivity contribution in [2.45, 2.75) is 59.5 Å². The normalized spacial score (nSPS) is 12.2. The van der Waals surface area contributed by atoms with Crippen molar-refractivity contribution in [1.82, 2.24) is 10.2 Å². The van der Waals surface area contributed by atoms with E-state index in [1.807, 2.05) is 45.0 Å². The van der Waals surface area contributed by atoms with Gasteiger partial charge in [0.1, 0.15) is 12.6 Å². The first-order chi connectivity index (χ1) is 16.5. The van der Waals surface area contributed by atoms with Gasteiger partial charge in [0.25, 0.3) is 0 Å². The van der Waals surface area contributed by atoms with Gasteiger partial charge in [-0.15, -0.1) is 0 Å². The van der Waals surface area contributed by atoms with Crippen molar-refractivity contribution < 1.29 is 18.0 Å². The van der Waals surface area contributed by atoms with Gasteiger partial charge in [-0.25, -0.2) is 8.42 Å². The van der Waals surface area contributed by atoms with Crippen LogP contribution in [0.2, 0.25) is 5.02 Å². The molecule has 2 rings (SSSR count). The van der Waals surface area contributed by atoms with Crippen LogP contribution in [0, 0.1) is 13.8 Å². The second-order valence-corrected chi connectivity index (χ2v) is 11.1. The van der Waals surface area contributed by atoms with E-state index >= 15 is 0 Å². The number of hydrogen-bond acceptors (Lipinski definition) is 4. The molecule has 0 fully saturated rings. The molecule has 0 bridgehead atoms. The molecular weight excluding hydrogens is 486 g/mol. The largest absolute Gasteiger partial charge is 0.354 e. The van der Waals surface area contributed by atoms with Crippen molar-refractivity contribution in [3.63, 3.8) is 0 Å². The second-order valence-electron chi connectivity index (χ2n) is 8.72. The molecule has 0 aliphatic rings. The van der Waals surface area contributed by atoms with E-state index in [9.17, 15) is 18.0 Å². The Hall–Kier alpha value is -2.58. The molecule has 1 N–H and O–H groups in total. The Morgan fingerprint density at radius 3 is 2.34 bits per heavy atom. The summed E-state index contributed by atoms with van der Waals surface area (Å²) >= 11 is 6.14. The van der Waals surface area contributed by atoms with E-state index in [2.05, 4.69) is 5.32 Å².